The molecule has 1 saturated carbocycles. The first kappa shape index (κ1) is 16.8. The average Bonchev–Trinajstić information content (AvgIpc) is 2.94. The lowest BCUT2D eigenvalue weighted by atomic mass is 9.90. The molecule has 5 heteroatoms. The van der Waals surface area contributed by atoms with Crippen molar-refractivity contribution in [2.45, 2.75) is 52.5 Å². The first-order valence-electron chi connectivity index (χ1n) is 7.69. The predicted molar refractivity (Wildman–Crippen MR) is 89.0 cm³/mol. The zero-order chi connectivity index (χ0) is 16.3. The molecule has 120 valence electrons. The van der Waals surface area contributed by atoms with E-state index in [9.17, 15) is 9.59 Å². The van der Waals surface area contributed by atoms with Crippen molar-refractivity contribution in [3.63, 3.8) is 0 Å². The van der Waals surface area contributed by atoms with Gasteiger partial charge in [0.1, 0.15) is 5.41 Å². The summed E-state index contributed by atoms with van der Waals surface area (Å²) >= 11 is 5.91. The minimum atomic E-state index is -1.12. The number of amides is 2. The van der Waals surface area contributed by atoms with Crippen LogP contribution in [-0.4, -0.2) is 17.9 Å². The Bertz CT molecular complexity index is 578. The topological polar surface area (TPSA) is 58.2 Å². The molecule has 0 bridgehead atoms. The number of hydrogen-bond acceptors (Lipinski definition) is 2. The monoisotopic (exact) mass is 322 g/mol. The molecule has 1 aliphatic carbocycles. The van der Waals surface area contributed by atoms with Crippen LogP contribution in [0.5, 0.6) is 0 Å². The van der Waals surface area contributed by atoms with Gasteiger partial charge >= 0.3 is 0 Å². The Balaban J connectivity index is 2.04. The fourth-order valence-corrected chi connectivity index (χ4v) is 2.81. The first-order chi connectivity index (χ1) is 10.3. The van der Waals surface area contributed by atoms with Crippen molar-refractivity contribution in [2.75, 3.05) is 5.32 Å². The van der Waals surface area contributed by atoms with Gasteiger partial charge < -0.3 is 10.6 Å². The Morgan fingerprint density at radius 2 is 1.82 bits per heavy atom. The smallest absolute Gasteiger partial charge is 0.239 e. The lowest BCUT2D eigenvalue weighted by molar-refractivity contribution is -0.138. The third kappa shape index (κ3) is 3.80. The molecule has 0 unspecified atom stereocenters. The molecule has 1 aromatic carbocycles. The number of carbonyl (C=O) groups is 2. The van der Waals surface area contributed by atoms with Crippen LogP contribution in [0.4, 0.5) is 5.69 Å². The number of nitrogens with one attached hydrogen (secondary N) is 2. The van der Waals surface area contributed by atoms with Crippen LogP contribution in [-0.2, 0) is 9.59 Å². The number of carbonyl (C=O) groups excluding carboxylic acids is 2. The second-order valence-corrected chi connectivity index (χ2v) is 6.93. The zero-order valence-corrected chi connectivity index (χ0v) is 14.1. The fraction of sp³-hybridized carbons (Fsp3) is 0.529. The van der Waals surface area contributed by atoms with E-state index in [2.05, 4.69) is 10.6 Å². The molecule has 0 spiro atoms. The van der Waals surface area contributed by atoms with Crippen molar-refractivity contribution in [2.24, 2.45) is 5.41 Å². The van der Waals surface area contributed by atoms with E-state index in [1.807, 2.05) is 6.92 Å². The van der Waals surface area contributed by atoms with Gasteiger partial charge in [-0.25, -0.2) is 0 Å². The molecule has 0 aliphatic heterocycles. The van der Waals surface area contributed by atoms with E-state index < -0.39 is 5.41 Å². The summed E-state index contributed by atoms with van der Waals surface area (Å²) in [6.45, 7) is 5.17. The Kier molecular flexibility index (Phi) is 5.12. The molecule has 1 aliphatic rings. The lowest BCUT2D eigenvalue weighted by Gasteiger charge is -2.25. The van der Waals surface area contributed by atoms with Crippen LogP contribution in [0.25, 0.3) is 0 Å². The maximum atomic E-state index is 12.5. The molecule has 2 amide bonds. The van der Waals surface area contributed by atoms with Crippen molar-refractivity contribution in [3.05, 3.63) is 28.8 Å². The van der Waals surface area contributed by atoms with Crippen LogP contribution in [0, 0.1) is 12.3 Å². The third-order valence-electron chi connectivity index (χ3n) is 4.26. The predicted octanol–water partition coefficient (Wildman–Crippen LogP) is 3.67. The number of benzene rings is 1. The van der Waals surface area contributed by atoms with Gasteiger partial charge in [0.2, 0.25) is 11.8 Å². The Labute approximate surface area is 136 Å². The summed E-state index contributed by atoms with van der Waals surface area (Å²) < 4.78 is 0. The van der Waals surface area contributed by atoms with Gasteiger partial charge in [0, 0.05) is 16.8 Å². The highest BCUT2D eigenvalue weighted by atomic mass is 35.5. The van der Waals surface area contributed by atoms with Crippen molar-refractivity contribution < 1.29 is 9.59 Å². The molecule has 1 fully saturated rings. The van der Waals surface area contributed by atoms with Gasteiger partial charge in [-0.3, -0.25) is 9.59 Å². The highest BCUT2D eigenvalue weighted by Crippen LogP contribution is 2.25. The van der Waals surface area contributed by atoms with Crippen molar-refractivity contribution in [1.29, 1.82) is 0 Å². The van der Waals surface area contributed by atoms with Crippen molar-refractivity contribution in [1.82, 2.24) is 5.32 Å². The van der Waals surface area contributed by atoms with Crippen LogP contribution in [0.15, 0.2) is 18.2 Å². The van der Waals surface area contributed by atoms with E-state index in [-0.39, 0.29) is 17.9 Å². The second kappa shape index (κ2) is 6.69. The quantitative estimate of drug-likeness (QED) is 0.831. The van der Waals surface area contributed by atoms with Crippen LogP contribution >= 0.6 is 11.6 Å². The molecule has 0 saturated heterocycles. The molecule has 2 rings (SSSR count). The Morgan fingerprint density at radius 3 is 2.41 bits per heavy atom. The molecule has 0 radical (unpaired) electrons. The minimum absolute atomic E-state index is 0.205. The minimum Gasteiger partial charge on any atom is -0.352 e. The standard InChI is InChI=1S/C17H23ClN2O2/c1-11-10-12(18)8-9-14(11)20-16(22)17(2,3)15(21)19-13-6-4-5-7-13/h8-10,13H,4-7H2,1-3H3,(H,19,21)(H,20,22). The molecule has 4 nitrogen and oxygen atoms in total. The van der Waals surface area contributed by atoms with E-state index in [0.29, 0.717) is 10.7 Å². The van der Waals surface area contributed by atoms with Crippen LogP contribution in [0.2, 0.25) is 5.02 Å². The first-order valence-corrected chi connectivity index (χ1v) is 8.07. The van der Waals surface area contributed by atoms with Crippen LogP contribution in [0.1, 0.15) is 45.1 Å². The van der Waals surface area contributed by atoms with Crippen LogP contribution < -0.4 is 10.6 Å². The summed E-state index contributed by atoms with van der Waals surface area (Å²) in [7, 11) is 0. The molecule has 22 heavy (non-hydrogen) atoms. The summed E-state index contributed by atoms with van der Waals surface area (Å²) in [4.78, 5) is 24.9. The summed E-state index contributed by atoms with van der Waals surface area (Å²) in [6, 6.07) is 5.45. The van der Waals surface area contributed by atoms with E-state index in [1.165, 1.54) is 0 Å². The van der Waals surface area contributed by atoms with Gasteiger partial charge in [0.25, 0.3) is 0 Å². The summed E-state index contributed by atoms with van der Waals surface area (Å²) in [5.74, 6) is -0.531. The highest BCUT2D eigenvalue weighted by Gasteiger charge is 2.37. The molecular weight excluding hydrogens is 300 g/mol. The number of rotatable bonds is 4. The highest BCUT2D eigenvalue weighted by molar-refractivity contribution is 6.30. The number of aryl methyl sites for hydroxylation is 1. The lowest BCUT2D eigenvalue weighted by Crippen LogP contribution is -2.48. The van der Waals surface area contributed by atoms with Crippen LogP contribution in [0.3, 0.4) is 0 Å². The third-order valence-corrected chi connectivity index (χ3v) is 4.50. The van der Waals surface area contributed by atoms with Crippen molar-refractivity contribution in [3.8, 4) is 0 Å². The largest absolute Gasteiger partial charge is 0.352 e. The second-order valence-electron chi connectivity index (χ2n) is 6.49. The zero-order valence-electron chi connectivity index (χ0n) is 13.3. The molecule has 1 aromatic rings. The molecular formula is C17H23ClN2O2. The Hall–Kier alpha value is -1.55. The van der Waals surface area contributed by atoms with E-state index >= 15 is 0 Å². The molecule has 0 atom stereocenters. The number of hydrogen-bond donors (Lipinski definition) is 2. The fourth-order valence-electron chi connectivity index (χ4n) is 2.58. The van der Waals surface area contributed by atoms with Crippen molar-refractivity contribution >= 4 is 29.1 Å². The maximum Gasteiger partial charge on any atom is 0.239 e. The summed E-state index contributed by atoms with van der Waals surface area (Å²) in [5, 5.41) is 6.43. The SMILES string of the molecule is Cc1cc(Cl)ccc1NC(=O)C(C)(C)C(=O)NC1CCCC1. The van der Waals surface area contributed by atoms with Gasteiger partial charge in [0.05, 0.1) is 0 Å². The molecule has 0 aromatic heterocycles. The van der Waals surface area contributed by atoms with E-state index in [0.717, 1.165) is 31.2 Å². The summed E-state index contributed by atoms with van der Waals surface area (Å²) in [6.07, 6.45) is 4.28. The van der Waals surface area contributed by atoms with Gasteiger partial charge in [-0.15, -0.1) is 0 Å². The summed E-state index contributed by atoms with van der Waals surface area (Å²) in [5.41, 5.74) is 0.429. The van der Waals surface area contributed by atoms with E-state index in [4.69, 9.17) is 11.6 Å². The van der Waals surface area contributed by atoms with E-state index in [1.54, 1.807) is 32.0 Å². The molecule has 2 N–H and O–H groups in total. The number of anilines is 1. The van der Waals surface area contributed by atoms with Gasteiger partial charge in [-0.1, -0.05) is 24.4 Å². The maximum absolute atomic E-state index is 12.5. The number of halogens is 1. The van der Waals surface area contributed by atoms with Gasteiger partial charge in [0.15, 0.2) is 0 Å². The van der Waals surface area contributed by atoms with Gasteiger partial charge in [-0.2, -0.15) is 0 Å². The molecule has 0 heterocycles. The average molecular weight is 323 g/mol. The Morgan fingerprint density at radius 1 is 1.18 bits per heavy atom. The normalized spacial score (nSPS) is 15.6. The van der Waals surface area contributed by atoms with Gasteiger partial charge in [-0.05, 0) is 57.4 Å².